The number of rotatable bonds is 7. The van der Waals surface area contributed by atoms with Crippen LogP contribution in [0, 0.1) is 0 Å². The average molecular weight is 301 g/mol. The number of hydrogen-bond donors (Lipinski definition) is 3. The van der Waals surface area contributed by atoms with Gasteiger partial charge in [-0.3, -0.25) is 0 Å². The number of carbonyl (C=O) groups is 1. The molecule has 20 heavy (non-hydrogen) atoms. The van der Waals surface area contributed by atoms with Gasteiger partial charge in [-0.15, -0.1) is 0 Å². The summed E-state index contributed by atoms with van der Waals surface area (Å²) in [7, 11) is -3.66. The van der Waals surface area contributed by atoms with Crippen LogP contribution in [0.2, 0.25) is 0 Å². The van der Waals surface area contributed by atoms with Gasteiger partial charge in [0.1, 0.15) is 0 Å². The minimum atomic E-state index is -3.66. The molecular formula is C13H19NO5S. The molecule has 0 aliphatic heterocycles. The van der Waals surface area contributed by atoms with Crippen molar-refractivity contribution in [3.05, 3.63) is 35.4 Å². The lowest BCUT2D eigenvalue weighted by molar-refractivity contribution is 0.0696. The van der Waals surface area contributed by atoms with Crippen LogP contribution in [0.25, 0.3) is 0 Å². The van der Waals surface area contributed by atoms with Gasteiger partial charge in [-0.25, -0.2) is 17.9 Å². The fourth-order valence-electron chi connectivity index (χ4n) is 1.64. The van der Waals surface area contributed by atoms with Crippen LogP contribution in [0.4, 0.5) is 0 Å². The third kappa shape index (κ3) is 4.59. The molecule has 0 amide bonds. The van der Waals surface area contributed by atoms with Crippen LogP contribution < -0.4 is 4.72 Å². The number of hydrogen-bond acceptors (Lipinski definition) is 4. The van der Waals surface area contributed by atoms with Gasteiger partial charge in [0.05, 0.1) is 23.5 Å². The van der Waals surface area contributed by atoms with Gasteiger partial charge in [0.25, 0.3) is 0 Å². The number of sulfonamides is 1. The van der Waals surface area contributed by atoms with Gasteiger partial charge in [0.2, 0.25) is 10.0 Å². The first-order valence-electron chi connectivity index (χ1n) is 6.16. The number of carboxylic acids is 1. The molecular weight excluding hydrogens is 282 g/mol. The van der Waals surface area contributed by atoms with E-state index in [9.17, 15) is 18.3 Å². The average Bonchev–Trinajstić information content (AvgIpc) is 2.37. The van der Waals surface area contributed by atoms with Crippen molar-refractivity contribution >= 4 is 16.0 Å². The van der Waals surface area contributed by atoms with E-state index in [-0.39, 0.29) is 17.9 Å². The second-order valence-electron chi connectivity index (χ2n) is 4.94. The Labute approximate surface area is 118 Å². The summed E-state index contributed by atoms with van der Waals surface area (Å²) in [5, 5.41) is 18.1. The molecule has 1 atom stereocenters. The molecule has 1 aromatic rings. The summed E-state index contributed by atoms with van der Waals surface area (Å²) in [5.41, 5.74) is -0.490. The largest absolute Gasteiger partial charge is 0.478 e. The van der Waals surface area contributed by atoms with E-state index in [0.29, 0.717) is 12.0 Å². The minimum Gasteiger partial charge on any atom is -0.478 e. The Kier molecular flexibility index (Phi) is 5.27. The van der Waals surface area contributed by atoms with Gasteiger partial charge in [-0.1, -0.05) is 19.1 Å². The lowest BCUT2D eigenvalue weighted by Crippen LogP contribution is -2.48. The molecule has 1 rings (SSSR count). The third-order valence-electron chi connectivity index (χ3n) is 3.06. The zero-order chi connectivity index (χ0) is 15.4. The van der Waals surface area contributed by atoms with Crippen molar-refractivity contribution < 1.29 is 23.4 Å². The molecule has 3 N–H and O–H groups in total. The van der Waals surface area contributed by atoms with Gasteiger partial charge < -0.3 is 10.2 Å². The first-order chi connectivity index (χ1) is 9.21. The molecule has 0 fully saturated rings. The van der Waals surface area contributed by atoms with Crippen molar-refractivity contribution in [3.63, 3.8) is 0 Å². The summed E-state index contributed by atoms with van der Waals surface area (Å²) >= 11 is 0. The molecule has 0 spiro atoms. The first kappa shape index (κ1) is 16.6. The standard InChI is InChI=1S/C13H19NO5S/c1-3-13(2,9-15)14-20(18,19)8-10-5-4-6-11(7-10)12(16)17/h4-7,14-15H,3,8-9H2,1-2H3,(H,16,17). The number of aliphatic hydroxyl groups is 1. The van der Waals surface area contributed by atoms with Crippen LogP contribution in [0.5, 0.6) is 0 Å². The van der Waals surface area contributed by atoms with Crippen molar-refractivity contribution in [1.82, 2.24) is 4.72 Å². The summed E-state index contributed by atoms with van der Waals surface area (Å²) < 4.78 is 26.5. The van der Waals surface area contributed by atoms with E-state index >= 15 is 0 Å². The van der Waals surface area contributed by atoms with Crippen LogP contribution >= 0.6 is 0 Å². The molecule has 0 aromatic heterocycles. The molecule has 6 nitrogen and oxygen atoms in total. The number of aromatic carboxylic acids is 1. The molecule has 1 unspecified atom stereocenters. The van der Waals surface area contributed by atoms with E-state index in [2.05, 4.69) is 4.72 Å². The van der Waals surface area contributed by atoms with E-state index in [1.54, 1.807) is 19.9 Å². The summed E-state index contributed by atoms with van der Waals surface area (Å²) in [6, 6.07) is 5.77. The van der Waals surface area contributed by atoms with Crippen molar-refractivity contribution in [1.29, 1.82) is 0 Å². The number of benzene rings is 1. The molecule has 0 heterocycles. The lowest BCUT2D eigenvalue weighted by Gasteiger charge is -2.26. The maximum atomic E-state index is 12.0. The third-order valence-corrected chi connectivity index (χ3v) is 4.58. The fraction of sp³-hybridized carbons (Fsp3) is 0.462. The van der Waals surface area contributed by atoms with E-state index in [1.165, 1.54) is 18.2 Å². The van der Waals surface area contributed by atoms with Crippen molar-refractivity contribution in [2.24, 2.45) is 0 Å². The fourth-order valence-corrected chi connectivity index (χ4v) is 3.29. The van der Waals surface area contributed by atoms with Crippen molar-refractivity contribution in [2.45, 2.75) is 31.6 Å². The second-order valence-corrected chi connectivity index (χ2v) is 6.66. The summed E-state index contributed by atoms with van der Waals surface area (Å²) in [4.78, 5) is 10.8. The van der Waals surface area contributed by atoms with Gasteiger partial charge in [-0.05, 0) is 31.0 Å². The smallest absolute Gasteiger partial charge is 0.335 e. The molecule has 1 aromatic carbocycles. The summed E-state index contributed by atoms with van der Waals surface area (Å²) in [6.45, 7) is 3.07. The van der Waals surface area contributed by atoms with E-state index < -0.39 is 21.5 Å². The number of aliphatic hydroxyl groups excluding tert-OH is 1. The van der Waals surface area contributed by atoms with Gasteiger partial charge >= 0.3 is 5.97 Å². The Bertz CT molecular complexity index is 578. The molecule has 0 radical (unpaired) electrons. The Morgan fingerprint density at radius 1 is 1.40 bits per heavy atom. The van der Waals surface area contributed by atoms with Crippen LogP contribution in [0.15, 0.2) is 24.3 Å². The SMILES string of the molecule is CCC(C)(CO)NS(=O)(=O)Cc1cccc(C(=O)O)c1. The summed E-state index contributed by atoms with van der Waals surface area (Å²) in [6.07, 6.45) is 0.442. The Hall–Kier alpha value is -1.44. The number of nitrogens with one attached hydrogen (secondary N) is 1. The first-order valence-corrected chi connectivity index (χ1v) is 7.81. The Morgan fingerprint density at radius 2 is 2.05 bits per heavy atom. The predicted molar refractivity (Wildman–Crippen MR) is 74.9 cm³/mol. The Balaban J connectivity index is 2.91. The maximum absolute atomic E-state index is 12.0. The van der Waals surface area contributed by atoms with Gasteiger partial charge in [-0.2, -0.15) is 0 Å². The highest BCUT2D eigenvalue weighted by Crippen LogP contribution is 2.14. The quantitative estimate of drug-likeness (QED) is 0.696. The van der Waals surface area contributed by atoms with E-state index in [0.717, 1.165) is 0 Å². The van der Waals surface area contributed by atoms with Crippen molar-refractivity contribution in [3.8, 4) is 0 Å². The van der Waals surface area contributed by atoms with Gasteiger partial charge in [0, 0.05) is 0 Å². The zero-order valence-electron chi connectivity index (χ0n) is 11.5. The van der Waals surface area contributed by atoms with Crippen molar-refractivity contribution in [2.75, 3.05) is 6.61 Å². The second kappa shape index (κ2) is 6.34. The molecule has 0 bridgehead atoms. The molecule has 0 saturated carbocycles. The predicted octanol–water partition coefficient (Wildman–Crippen LogP) is 0.965. The molecule has 0 aliphatic carbocycles. The monoisotopic (exact) mass is 301 g/mol. The highest BCUT2D eigenvalue weighted by atomic mass is 32.2. The summed E-state index contributed by atoms with van der Waals surface area (Å²) in [5.74, 6) is -1.44. The van der Waals surface area contributed by atoms with Crippen LogP contribution in [-0.2, 0) is 15.8 Å². The highest BCUT2D eigenvalue weighted by molar-refractivity contribution is 7.88. The van der Waals surface area contributed by atoms with Crippen LogP contribution in [0.3, 0.4) is 0 Å². The van der Waals surface area contributed by atoms with E-state index in [4.69, 9.17) is 5.11 Å². The zero-order valence-corrected chi connectivity index (χ0v) is 12.3. The molecule has 0 saturated heterocycles. The topological polar surface area (TPSA) is 104 Å². The number of carboxylic acid groups (broad SMARTS) is 1. The lowest BCUT2D eigenvalue weighted by atomic mass is 10.0. The van der Waals surface area contributed by atoms with Crippen LogP contribution in [-0.4, -0.2) is 36.7 Å². The van der Waals surface area contributed by atoms with E-state index in [1.807, 2.05) is 0 Å². The highest BCUT2D eigenvalue weighted by Gasteiger charge is 2.27. The molecule has 112 valence electrons. The van der Waals surface area contributed by atoms with Crippen LogP contribution in [0.1, 0.15) is 36.2 Å². The maximum Gasteiger partial charge on any atom is 0.335 e. The molecule has 7 heteroatoms. The Morgan fingerprint density at radius 3 is 2.55 bits per heavy atom. The normalized spacial score (nSPS) is 14.8. The van der Waals surface area contributed by atoms with Gasteiger partial charge in [0.15, 0.2) is 0 Å². The molecule has 0 aliphatic rings. The minimum absolute atomic E-state index is 0.0399.